The van der Waals surface area contributed by atoms with Gasteiger partial charge in [-0.1, -0.05) is 12.2 Å². The Kier molecular flexibility index (Phi) is 4.22. The molecule has 0 saturated heterocycles. The highest BCUT2D eigenvalue weighted by Crippen LogP contribution is 2.38. The van der Waals surface area contributed by atoms with Crippen LogP contribution in [0.1, 0.15) is 48.6 Å². The Morgan fingerprint density at radius 2 is 2.28 bits per heavy atom. The lowest BCUT2D eigenvalue weighted by atomic mass is 9.91. The summed E-state index contributed by atoms with van der Waals surface area (Å²) in [5, 5.41) is 3.81. The fraction of sp³-hybridized carbons (Fsp3) is 0.600. The van der Waals surface area contributed by atoms with Crippen molar-refractivity contribution in [2.75, 3.05) is 6.54 Å². The van der Waals surface area contributed by atoms with E-state index in [9.17, 15) is 0 Å². The van der Waals surface area contributed by atoms with Crippen molar-refractivity contribution in [3.8, 4) is 0 Å². The van der Waals surface area contributed by atoms with Crippen molar-refractivity contribution in [1.29, 1.82) is 0 Å². The first-order valence-electron chi connectivity index (χ1n) is 6.99. The van der Waals surface area contributed by atoms with Gasteiger partial charge < -0.3 is 5.32 Å². The SMILES string of the molecule is Brc1cc2c(s1)CCCC2NCC1CC=CCC1. The Morgan fingerprint density at radius 3 is 3.11 bits per heavy atom. The summed E-state index contributed by atoms with van der Waals surface area (Å²) in [5.74, 6) is 0.849. The van der Waals surface area contributed by atoms with E-state index in [1.807, 2.05) is 11.3 Å². The highest BCUT2D eigenvalue weighted by Gasteiger charge is 2.23. The molecule has 18 heavy (non-hydrogen) atoms. The molecule has 2 aliphatic rings. The summed E-state index contributed by atoms with van der Waals surface area (Å²) >= 11 is 5.55. The number of hydrogen-bond acceptors (Lipinski definition) is 2. The van der Waals surface area contributed by atoms with E-state index in [1.54, 1.807) is 10.4 Å². The lowest BCUT2D eigenvalue weighted by Crippen LogP contribution is -2.29. The third kappa shape index (κ3) is 2.89. The molecule has 3 heteroatoms. The molecule has 1 aromatic rings. The Labute approximate surface area is 122 Å². The number of aryl methyl sites for hydroxylation is 1. The molecule has 2 unspecified atom stereocenters. The van der Waals surface area contributed by atoms with E-state index in [1.165, 1.54) is 48.9 Å². The minimum atomic E-state index is 0.599. The van der Waals surface area contributed by atoms with Crippen molar-refractivity contribution in [3.63, 3.8) is 0 Å². The summed E-state index contributed by atoms with van der Waals surface area (Å²) in [6, 6.07) is 2.93. The van der Waals surface area contributed by atoms with Crippen LogP contribution in [0.3, 0.4) is 0 Å². The molecule has 0 fully saturated rings. The fourth-order valence-electron chi connectivity index (χ4n) is 3.08. The number of halogens is 1. The zero-order valence-corrected chi connectivity index (χ0v) is 13.0. The van der Waals surface area contributed by atoms with Crippen LogP contribution < -0.4 is 5.32 Å². The van der Waals surface area contributed by atoms with Crippen LogP contribution >= 0.6 is 27.3 Å². The molecule has 0 aromatic carbocycles. The van der Waals surface area contributed by atoms with Crippen LogP contribution in [0.15, 0.2) is 22.0 Å². The summed E-state index contributed by atoms with van der Waals surface area (Å²) < 4.78 is 1.29. The summed E-state index contributed by atoms with van der Waals surface area (Å²) in [4.78, 5) is 1.59. The van der Waals surface area contributed by atoms with Crippen LogP contribution in [0.25, 0.3) is 0 Å². The van der Waals surface area contributed by atoms with Crippen LogP contribution in [0.5, 0.6) is 0 Å². The minimum absolute atomic E-state index is 0.599. The molecule has 0 spiro atoms. The van der Waals surface area contributed by atoms with Crippen molar-refractivity contribution < 1.29 is 0 Å². The number of allylic oxidation sites excluding steroid dienone is 2. The van der Waals surface area contributed by atoms with Crippen molar-refractivity contribution in [1.82, 2.24) is 5.32 Å². The normalized spacial score (nSPS) is 27.2. The maximum absolute atomic E-state index is 3.81. The molecular formula is C15H20BrNS. The molecule has 3 rings (SSSR count). The molecule has 0 radical (unpaired) electrons. The van der Waals surface area contributed by atoms with Crippen LogP contribution in [-0.4, -0.2) is 6.54 Å². The van der Waals surface area contributed by atoms with Gasteiger partial charge in [0.05, 0.1) is 3.79 Å². The van der Waals surface area contributed by atoms with Crippen molar-refractivity contribution in [3.05, 3.63) is 32.4 Å². The maximum Gasteiger partial charge on any atom is 0.0704 e. The lowest BCUT2D eigenvalue weighted by molar-refractivity contribution is 0.383. The van der Waals surface area contributed by atoms with Gasteiger partial charge in [-0.2, -0.15) is 0 Å². The van der Waals surface area contributed by atoms with Crippen molar-refractivity contribution in [2.24, 2.45) is 5.92 Å². The van der Waals surface area contributed by atoms with Gasteiger partial charge in [-0.15, -0.1) is 11.3 Å². The highest BCUT2D eigenvalue weighted by molar-refractivity contribution is 9.11. The lowest BCUT2D eigenvalue weighted by Gasteiger charge is -2.26. The number of rotatable bonds is 3. The molecule has 2 aliphatic carbocycles. The average Bonchev–Trinajstić information content (AvgIpc) is 2.78. The largest absolute Gasteiger partial charge is 0.310 e. The Bertz CT molecular complexity index is 438. The number of thiophene rings is 1. The van der Waals surface area contributed by atoms with E-state index >= 15 is 0 Å². The van der Waals surface area contributed by atoms with E-state index in [-0.39, 0.29) is 0 Å². The molecule has 0 saturated carbocycles. The number of fused-ring (bicyclic) bond motifs is 1. The Balaban J connectivity index is 1.61. The monoisotopic (exact) mass is 325 g/mol. The van der Waals surface area contributed by atoms with E-state index in [4.69, 9.17) is 0 Å². The van der Waals surface area contributed by atoms with Gasteiger partial charge in [0.2, 0.25) is 0 Å². The average molecular weight is 326 g/mol. The van der Waals surface area contributed by atoms with Crippen LogP contribution in [0.4, 0.5) is 0 Å². The second kappa shape index (κ2) is 5.89. The van der Waals surface area contributed by atoms with E-state index in [2.05, 4.69) is 39.5 Å². The maximum atomic E-state index is 3.81. The Morgan fingerprint density at radius 1 is 1.33 bits per heavy atom. The predicted molar refractivity (Wildman–Crippen MR) is 82.2 cm³/mol. The highest BCUT2D eigenvalue weighted by atomic mass is 79.9. The summed E-state index contributed by atoms with van der Waals surface area (Å²) in [6.07, 6.45) is 12.5. The molecule has 1 N–H and O–H groups in total. The minimum Gasteiger partial charge on any atom is -0.310 e. The van der Waals surface area contributed by atoms with Gasteiger partial charge in [0, 0.05) is 10.9 Å². The molecule has 2 atom stereocenters. The van der Waals surface area contributed by atoms with Crippen molar-refractivity contribution >= 4 is 27.3 Å². The van der Waals surface area contributed by atoms with E-state index < -0.39 is 0 Å². The van der Waals surface area contributed by atoms with Gasteiger partial charge in [-0.25, -0.2) is 0 Å². The molecule has 1 heterocycles. The molecule has 1 aromatic heterocycles. The molecule has 0 bridgehead atoms. The zero-order chi connectivity index (χ0) is 12.4. The Hall–Kier alpha value is -0.120. The smallest absolute Gasteiger partial charge is 0.0704 e. The van der Waals surface area contributed by atoms with Crippen molar-refractivity contribution in [2.45, 2.75) is 44.6 Å². The fourth-order valence-corrected chi connectivity index (χ4v) is 4.90. The summed E-state index contributed by atoms with van der Waals surface area (Å²) in [6.45, 7) is 1.18. The molecular weight excluding hydrogens is 306 g/mol. The molecule has 0 amide bonds. The first-order chi connectivity index (χ1) is 8.83. The summed E-state index contributed by atoms with van der Waals surface area (Å²) in [7, 11) is 0. The van der Waals surface area contributed by atoms with E-state index in [0.29, 0.717) is 6.04 Å². The predicted octanol–water partition coefficient (Wildman–Crippen LogP) is 4.83. The number of nitrogens with one attached hydrogen (secondary N) is 1. The first kappa shape index (κ1) is 12.9. The third-order valence-corrected chi connectivity index (χ3v) is 5.83. The van der Waals surface area contributed by atoms with Crippen LogP contribution in [0.2, 0.25) is 0 Å². The molecule has 0 aliphatic heterocycles. The standard InChI is InChI=1S/C15H20BrNS/c16-15-9-12-13(7-4-8-14(12)18-15)17-10-11-5-2-1-3-6-11/h1-2,9,11,13,17H,3-8,10H2. The van der Waals surface area contributed by atoms with E-state index in [0.717, 1.165) is 5.92 Å². The van der Waals surface area contributed by atoms with Gasteiger partial charge in [-0.3, -0.25) is 0 Å². The van der Waals surface area contributed by atoms with Gasteiger partial charge in [0.25, 0.3) is 0 Å². The van der Waals surface area contributed by atoms with Crippen LogP contribution in [0, 0.1) is 5.92 Å². The third-order valence-electron chi connectivity index (χ3n) is 4.11. The first-order valence-corrected chi connectivity index (χ1v) is 8.60. The quantitative estimate of drug-likeness (QED) is 0.784. The van der Waals surface area contributed by atoms with Crippen LogP contribution in [-0.2, 0) is 6.42 Å². The second-order valence-electron chi connectivity index (χ2n) is 5.43. The topological polar surface area (TPSA) is 12.0 Å². The van der Waals surface area contributed by atoms with Gasteiger partial charge in [0.1, 0.15) is 0 Å². The van der Waals surface area contributed by atoms with Gasteiger partial charge >= 0.3 is 0 Å². The number of hydrogen-bond donors (Lipinski definition) is 1. The molecule has 98 valence electrons. The molecule has 1 nitrogen and oxygen atoms in total. The van der Waals surface area contributed by atoms with Gasteiger partial charge in [-0.05, 0) is 78.5 Å². The van der Waals surface area contributed by atoms with Gasteiger partial charge in [0.15, 0.2) is 0 Å². The summed E-state index contributed by atoms with van der Waals surface area (Å²) in [5.41, 5.74) is 1.56. The second-order valence-corrected chi connectivity index (χ2v) is 7.95. The zero-order valence-electron chi connectivity index (χ0n) is 10.6.